The number of ketones is 1. The first-order valence-electron chi connectivity index (χ1n) is 27.1. The standard InChI is InChI=1S/C57H72FN7O13/c1-4-19-75-20-11-7-12-21-76-22-13-10-16-46(66)59-28-47(67)60-30-49(69)64-45(23-35-14-8-6-9-15-35)55(72)61-29-48(68)62-33-77-32-50(70)63-43-18-17-38-34(3)42(58)27-44-51(38)52(43)39-25-37-24-36(53(39)65-44)26-41-40(54(37)71)31-78-56(73)57(41,74)5-2/h6,8-9,14-15,26-27,37,43,45,74H,4-5,7,10-13,16-25,28-33H2,1-3H3,(H,59,66)(H,60,67)(H,61,72)(H,62,68)(H,63,70)(H,64,69)/t37?,43-,45-,57-/m0/s1. The average molecular weight is 1080 g/mol. The van der Waals surface area contributed by atoms with Crippen molar-refractivity contribution in [1.82, 2.24) is 36.9 Å². The summed E-state index contributed by atoms with van der Waals surface area (Å²) in [5, 5.41) is 27.8. The molecule has 21 heteroatoms. The smallest absolute Gasteiger partial charge is 0.343 e. The third-order valence-electron chi connectivity index (χ3n) is 14.5. The Morgan fingerprint density at radius 2 is 1.51 bits per heavy atom. The van der Waals surface area contributed by atoms with Gasteiger partial charge in [0.1, 0.15) is 31.8 Å². The summed E-state index contributed by atoms with van der Waals surface area (Å²) in [6.07, 6.45) is 8.53. The predicted molar refractivity (Wildman–Crippen MR) is 283 cm³/mol. The number of nitrogens with zero attached hydrogens (tertiary/aromatic N) is 1. The Morgan fingerprint density at radius 3 is 2.26 bits per heavy atom. The van der Waals surface area contributed by atoms with Crippen LogP contribution < -0.4 is 31.9 Å². The molecule has 2 bridgehead atoms. The highest BCUT2D eigenvalue weighted by Gasteiger charge is 2.49. The molecule has 4 aliphatic rings. The summed E-state index contributed by atoms with van der Waals surface area (Å²) in [6.45, 7) is 5.69. The van der Waals surface area contributed by atoms with Crippen LogP contribution in [-0.4, -0.2) is 135 Å². The number of hydrogen-bond acceptors (Lipinski definition) is 14. The molecule has 1 aliphatic heterocycles. The summed E-state index contributed by atoms with van der Waals surface area (Å²) in [7, 11) is 0. The van der Waals surface area contributed by atoms with E-state index in [-0.39, 0.29) is 68.1 Å². The first kappa shape index (κ1) is 58.7. The summed E-state index contributed by atoms with van der Waals surface area (Å²) in [5.74, 6) is -5.53. The van der Waals surface area contributed by atoms with E-state index in [1.165, 1.54) is 6.07 Å². The van der Waals surface area contributed by atoms with E-state index in [4.69, 9.17) is 23.9 Å². The number of aryl methyl sites for hydroxylation is 1. The van der Waals surface area contributed by atoms with Gasteiger partial charge in [-0.05, 0) is 117 Å². The van der Waals surface area contributed by atoms with E-state index in [9.17, 15) is 43.5 Å². The van der Waals surface area contributed by atoms with Crippen LogP contribution in [0, 0.1) is 18.7 Å². The molecule has 0 fully saturated rings. The SMILES string of the molecule is CCCOCCCCCOCCCCC(=O)NCC(=O)NCC(=O)N[C@@H](Cc1ccccc1)C(=O)NCC(=O)NCOCC(=O)N[C@H]1CCc2c(C)c(F)cc3nc4c(c1c23)CC1CC4=CC2=C(COC(=O)[C@]2(O)CC)C1=O. The Kier molecular flexibility index (Phi) is 21.2. The number of cyclic esters (lactones) is 1. The van der Waals surface area contributed by atoms with Crippen LogP contribution in [0.5, 0.6) is 0 Å². The van der Waals surface area contributed by atoms with Gasteiger partial charge in [0.25, 0.3) is 0 Å². The first-order valence-corrected chi connectivity index (χ1v) is 27.1. The number of esters is 1. The summed E-state index contributed by atoms with van der Waals surface area (Å²) >= 11 is 0. The van der Waals surface area contributed by atoms with Crippen molar-refractivity contribution in [3.63, 3.8) is 0 Å². The zero-order chi connectivity index (χ0) is 55.8. The lowest BCUT2D eigenvalue weighted by atomic mass is 9.74. The van der Waals surface area contributed by atoms with Gasteiger partial charge in [0.2, 0.25) is 35.4 Å². The van der Waals surface area contributed by atoms with Gasteiger partial charge in [0.15, 0.2) is 11.4 Å². The van der Waals surface area contributed by atoms with Gasteiger partial charge in [-0.1, -0.05) is 44.2 Å². The molecule has 0 spiro atoms. The number of unbranched alkanes of at least 4 members (excludes halogenated alkanes) is 3. The Bertz CT molecular complexity index is 2800. The number of allylic oxidation sites excluding steroid dienone is 1. The number of hydrogen-bond donors (Lipinski definition) is 7. The van der Waals surface area contributed by atoms with Crippen molar-refractivity contribution < 1.29 is 66.8 Å². The normalized spacial score (nSPS) is 18.6. The Hall–Kier alpha value is -6.94. The quantitative estimate of drug-likeness (QED) is 0.0299. The fourth-order valence-corrected chi connectivity index (χ4v) is 10.3. The fraction of sp³-hybridized carbons (Fsp3) is 0.526. The maximum atomic E-state index is 15.4. The van der Waals surface area contributed by atoms with Crippen molar-refractivity contribution in [2.45, 2.75) is 122 Å². The van der Waals surface area contributed by atoms with Crippen LogP contribution in [0.3, 0.4) is 0 Å². The number of pyridine rings is 1. The number of ether oxygens (including phenoxy) is 4. The van der Waals surface area contributed by atoms with Gasteiger partial charge in [-0.3, -0.25) is 33.6 Å². The van der Waals surface area contributed by atoms with Gasteiger partial charge < -0.3 is 56.0 Å². The number of benzene rings is 2. The summed E-state index contributed by atoms with van der Waals surface area (Å²) < 4.78 is 37.4. The largest absolute Gasteiger partial charge is 0.458 e. The maximum absolute atomic E-state index is 15.4. The van der Waals surface area contributed by atoms with Crippen molar-refractivity contribution in [3.8, 4) is 0 Å². The van der Waals surface area contributed by atoms with Gasteiger partial charge >= 0.3 is 5.97 Å². The molecule has 20 nitrogen and oxygen atoms in total. The fourth-order valence-electron chi connectivity index (χ4n) is 10.3. The molecule has 1 aromatic heterocycles. The van der Waals surface area contributed by atoms with Crippen molar-refractivity contribution in [1.29, 1.82) is 0 Å². The van der Waals surface area contributed by atoms with E-state index in [1.54, 1.807) is 50.3 Å². The van der Waals surface area contributed by atoms with Crippen molar-refractivity contribution >= 4 is 63.7 Å². The minimum atomic E-state index is -2.03. The summed E-state index contributed by atoms with van der Waals surface area (Å²) in [6, 6.07) is 8.49. The van der Waals surface area contributed by atoms with Crippen molar-refractivity contribution in [3.05, 3.63) is 92.9 Å². The molecule has 420 valence electrons. The van der Waals surface area contributed by atoms with Gasteiger partial charge in [0.05, 0.1) is 36.9 Å². The van der Waals surface area contributed by atoms with Gasteiger partial charge in [-0.25, -0.2) is 14.2 Å². The van der Waals surface area contributed by atoms with Crippen LogP contribution in [0.25, 0.3) is 16.5 Å². The molecule has 4 atom stereocenters. The number of aliphatic hydroxyl groups is 1. The van der Waals surface area contributed by atoms with Crippen LogP contribution in [0.4, 0.5) is 4.39 Å². The average Bonchev–Trinajstić information content (AvgIpc) is 3.77. The molecule has 7 N–H and O–H groups in total. The minimum Gasteiger partial charge on any atom is -0.458 e. The highest BCUT2D eigenvalue weighted by molar-refractivity contribution is 6.06. The Morgan fingerprint density at radius 1 is 0.821 bits per heavy atom. The van der Waals surface area contributed by atoms with Crippen molar-refractivity contribution in [2.24, 2.45) is 5.92 Å². The number of nitrogens with one attached hydrogen (secondary N) is 6. The lowest BCUT2D eigenvalue weighted by Gasteiger charge is -2.34. The summed E-state index contributed by atoms with van der Waals surface area (Å²) in [4.78, 5) is 109. The molecule has 3 aliphatic carbocycles. The number of amides is 6. The maximum Gasteiger partial charge on any atom is 0.343 e. The summed E-state index contributed by atoms with van der Waals surface area (Å²) in [5.41, 5.74) is 3.22. The zero-order valence-electron chi connectivity index (χ0n) is 44.7. The van der Waals surface area contributed by atoms with Crippen molar-refractivity contribution in [2.75, 3.05) is 66.0 Å². The molecular weight excluding hydrogens is 1010 g/mol. The third kappa shape index (κ3) is 15.0. The predicted octanol–water partition coefficient (Wildman–Crippen LogP) is 3.26. The van der Waals surface area contributed by atoms with Gasteiger partial charge in [-0.15, -0.1) is 0 Å². The topological polar surface area (TPSA) is 279 Å². The number of aromatic nitrogens is 1. The molecule has 1 unspecified atom stereocenters. The van der Waals surface area contributed by atoms with E-state index in [2.05, 4.69) is 38.8 Å². The third-order valence-corrected chi connectivity index (χ3v) is 14.5. The van der Waals surface area contributed by atoms with E-state index < -0.39 is 91.4 Å². The molecule has 7 rings (SSSR count). The molecule has 0 saturated carbocycles. The zero-order valence-corrected chi connectivity index (χ0v) is 44.7. The van der Waals surface area contributed by atoms with Crippen LogP contribution in [0.1, 0.15) is 118 Å². The number of rotatable bonds is 29. The lowest BCUT2D eigenvalue weighted by molar-refractivity contribution is -0.163. The van der Waals surface area contributed by atoms with Gasteiger partial charge in [0, 0.05) is 67.8 Å². The molecule has 78 heavy (non-hydrogen) atoms. The highest BCUT2D eigenvalue weighted by atomic mass is 19.1. The molecular formula is C57H72FN7O13. The van der Waals surface area contributed by atoms with Crippen LogP contribution in [0.15, 0.2) is 53.6 Å². The molecule has 2 aromatic carbocycles. The monoisotopic (exact) mass is 1080 g/mol. The van der Waals surface area contributed by atoms with Crippen LogP contribution in [0.2, 0.25) is 0 Å². The van der Waals surface area contributed by atoms with E-state index >= 15 is 4.39 Å². The van der Waals surface area contributed by atoms with Gasteiger partial charge in [-0.2, -0.15) is 0 Å². The number of carbonyl (C=O) groups excluding carboxylic acids is 8. The van der Waals surface area contributed by atoms with E-state index in [0.29, 0.717) is 83.3 Å². The molecule has 2 heterocycles. The number of Topliss-reactive ketones (excluding diaryl/α,β-unsaturated/α-hetero) is 1. The number of fused-ring (bicyclic) bond motifs is 5. The molecule has 3 aromatic rings. The first-order chi connectivity index (χ1) is 37.6. The van der Waals surface area contributed by atoms with Crippen LogP contribution in [-0.2, 0) is 76.6 Å². The Balaban J connectivity index is 0.861. The van der Waals surface area contributed by atoms with Crippen LogP contribution >= 0.6 is 0 Å². The number of carbonyl (C=O) groups is 8. The lowest BCUT2D eigenvalue weighted by Crippen LogP contribution is -2.52. The van der Waals surface area contributed by atoms with E-state index in [1.807, 2.05) is 0 Å². The second-order valence-corrected chi connectivity index (χ2v) is 20.1. The van der Waals surface area contributed by atoms with E-state index in [0.717, 1.165) is 44.5 Å². The minimum absolute atomic E-state index is 0.0253. The molecule has 0 radical (unpaired) electrons. The highest BCUT2D eigenvalue weighted by Crippen LogP contribution is 2.48. The number of halogens is 1. The second kappa shape index (κ2) is 28.1. The molecule has 0 saturated heterocycles. The molecule has 6 amide bonds. The Labute approximate surface area is 452 Å². The second-order valence-electron chi connectivity index (χ2n) is 20.1.